The summed E-state index contributed by atoms with van der Waals surface area (Å²) in [5.41, 5.74) is 1.64. The second-order valence-corrected chi connectivity index (χ2v) is 4.14. The minimum Gasteiger partial charge on any atom is -0.480 e. The van der Waals surface area contributed by atoms with E-state index in [-0.39, 0.29) is 0 Å². The Morgan fingerprint density at radius 1 is 1.50 bits per heavy atom. The Balaban J connectivity index is 2.57. The number of carboxylic acid groups (broad SMARTS) is 1. The van der Waals surface area contributed by atoms with Crippen molar-refractivity contribution in [1.29, 1.82) is 0 Å². The molecule has 6 nitrogen and oxygen atoms in total. The second-order valence-electron chi connectivity index (χ2n) is 4.14. The molecule has 0 bridgehead atoms. The Labute approximate surface area is 106 Å². The Morgan fingerprint density at radius 2 is 2.17 bits per heavy atom. The van der Waals surface area contributed by atoms with Crippen LogP contribution in [-0.2, 0) is 11.3 Å². The van der Waals surface area contributed by atoms with Crippen LogP contribution in [0.5, 0.6) is 0 Å². The van der Waals surface area contributed by atoms with E-state index < -0.39 is 18.0 Å². The van der Waals surface area contributed by atoms with Gasteiger partial charge >= 0.3 is 12.0 Å². The fraction of sp³-hybridized carbons (Fsp3) is 0.417. The number of aryl methyl sites for hydroxylation is 1. The molecule has 0 aliphatic rings. The Morgan fingerprint density at radius 3 is 2.72 bits per heavy atom. The lowest BCUT2D eigenvalue weighted by Gasteiger charge is -2.19. The minimum atomic E-state index is -1.06. The zero-order chi connectivity index (χ0) is 13.7. The molecule has 0 saturated carbocycles. The SMILES string of the molecule is Cc1cccc(CN(C)C(=O)N[C@H](C)C(=O)O)n1. The molecular weight excluding hydrogens is 234 g/mol. The van der Waals surface area contributed by atoms with Gasteiger partial charge in [0.2, 0.25) is 0 Å². The fourth-order valence-corrected chi connectivity index (χ4v) is 1.36. The predicted molar refractivity (Wildman–Crippen MR) is 66.1 cm³/mol. The van der Waals surface area contributed by atoms with Crippen LogP contribution in [0.15, 0.2) is 18.2 Å². The fourth-order valence-electron chi connectivity index (χ4n) is 1.36. The van der Waals surface area contributed by atoms with Crippen molar-refractivity contribution >= 4 is 12.0 Å². The second kappa shape index (κ2) is 6.00. The molecule has 18 heavy (non-hydrogen) atoms. The van der Waals surface area contributed by atoms with Crippen LogP contribution < -0.4 is 5.32 Å². The van der Waals surface area contributed by atoms with Crippen molar-refractivity contribution in [3.8, 4) is 0 Å². The van der Waals surface area contributed by atoms with Crippen molar-refractivity contribution in [2.75, 3.05) is 7.05 Å². The molecule has 1 atom stereocenters. The molecule has 98 valence electrons. The highest BCUT2D eigenvalue weighted by Crippen LogP contribution is 2.02. The van der Waals surface area contributed by atoms with E-state index >= 15 is 0 Å². The summed E-state index contributed by atoms with van der Waals surface area (Å²) in [4.78, 5) is 27.9. The lowest BCUT2D eigenvalue weighted by molar-refractivity contribution is -0.138. The molecule has 0 aromatic carbocycles. The van der Waals surface area contributed by atoms with Crippen LogP contribution in [-0.4, -0.2) is 40.1 Å². The van der Waals surface area contributed by atoms with Crippen LogP contribution >= 0.6 is 0 Å². The van der Waals surface area contributed by atoms with Gasteiger partial charge in [0, 0.05) is 12.7 Å². The first-order valence-electron chi connectivity index (χ1n) is 5.57. The summed E-state index contributed by atoms with van der Waals surface area (Å²) in [7, 11) is 1.59. The highest BCUT2D eigenvalue weighted by atomic mass is 16.4. The molecule has 1 aromatic rings. The van der Waals surface area contributed by atoms with E-state index in [9.17, 15) is 9.59 Å². The van der Waals surface area contributed by atoms with Crippen LogP contribution in [0.4, 0.5) is 4.79 Å². The van der Waals surface area contributed by atoms with Crippen molar-refractivity contribution in [2.45, 2.75) is 26.4 Å². The number of hydrogen-bond donors (Lipinski definition) is 2. The van der Waals surface area contributed by atoms with Gasteiger partial charge in [0.15, 0.2) is 0 Å². The van der Waals surface area contributed by atoms with Gasteiger partial charge in [-0.05, 0) is 26.0 Å². The lowest BCUT2D eigenvalue weighted by atomic mass is 10.3. The van der Waals surface area contributed by atoms with Gasteiger partial charge in [0.25, 0.3) is 0 Å². The number of nitrogens with zero attached hydrogens (tertiary/aromatic N) is 2. The quantitative estimate of drug-likeness (QED) is 0.836. The van der Waals surface area contributed by atoms with Crippen LogP contribution in [0.3, 0.4) is 0 Å². The third-order valence-corrected chi connectivity index (χ3v) is 2.40. The predicted octanol–water partition coefficient (Wildman–Crippen LogP) is 1.00. The molecule has 2 amide bonds. The van der Waals surface area contributed by atoms with Crippen LogP contribution in [0.25, 0.3) is 0 Å². The lowest BCUT2D eigenvalue weighted by Crippen LogP contribution is -2.44. The number of pyridine rings is 1. The summed E-state index contributed by atoms with van der Waals surface area (Å²) >= 11 is 0. The van der Waals surface area contributed by atoms with E-state index in [1.807, 2.05) is 25.1 Å². The molecule has 0 aliphatic carbocycles. The number of urea groups is 1. The standard InChI is InChI=1S/C12H17N3O3/c1-8-5-4-6-10(13-8)7-15(3)12(18)14-9(2)11(16)17/h4-6,9H,7H2,1-3H3,(H,14,18)(H,16,17)/t9-/m1/s1. The summed E-state index contributed by atoms with van der Waals surface area (Å²) in [6.45, 7) is 3.62. The van der Waals surface area contributed by atoms with Gasteiger partial charge < -0.3 is 15.3 Å². The van der Waals surface area contributed by atoms with Gasteiger partial charge in [0.05, 0.1) is 12.2 Å². The molecule has 1 rings (SSSR count). The molecule has 1 aromatic heterocycles. The van der Waals surface area contributed by atoms with E-state index in [0.29, 0.717) is 6.54 Å². The molecule has 2 N–H and O–H groups in total. The highest BCUT2D eigenvalue weighted by molar-refractivity contribution is 5.82. The number of hydrogen-bond acceptors (Lipinski definition) is 3. The van der Waals surface area contributed by atoms with Crippen LogP contribution in [0, 0.1) is 6.92 Å². The summed E-state index contributed by atoms with van der Waals surface area (Å²) in [5.74, 6) is -1.06. The number of carbonyl (C=O) groups is 2. The van der Waals surface area contributed by atoms with E-state index in [0.717, 1.165) is 11.4 Å². The van der Waals surface area contributed by atoms with Crippen molar-refractivity contribution < 1.29 is 14.7 Å². The van der Waals surface area contributed by atoms with Crippen molar-refractivity contribution in [2.24, 2.45) is 0 Å². The number of amides is 2. The number of carboxylic acids is 1. The van der Waals surface area contributed by atoms with E-state index in [2.05, 4.69) is 10.3 Å². The van der Waals surface area contributed by atoms with Crippen molar-refractivity contribution in [1.82, 2.24) is 15.2 Å². The number of carbonyl (C=O) groups excluding carboxylic acids is 1. The molecule has 0 saturated heterocycles. The van der Waals surface area contributed by atoms with Gasteiger partial charge in [-0.2, -0.15) is 0 Å². The molecule has 0 unspecified atom stereocenters. The van der Waals surface area contributed by atoms with Crippen LogP contribution in [0.2, 0.25) is 0 Å². The summed E-state index contributed by atoms with van der Waals surface area (Å²) in [6, 6.07) is 4.20. The first-order valence-corrected chi connectivity index (χ1v) is 5.57. The Kier molecular flexibility index (Phi) is 4.65. The van der Waals surface area contributed by atoms with Crippen molar-refractivity contribution in [3.63, 3.8) is 0 Å². The van der Waals surface area contributed by atoms with Gasteiger partial charge in [-0.25, -0.2) is 4.79 Å². The minimum absolute atomic E-state index is 0.333. The average Bonchev–Trinajstić information content (AvgIpc) is 2.28. The number of rotatable bonds is 4. The topological polar surface area (TPSA) is 82.5 Å². The monoisotopic (exact) mass is 251 g/mol. The molecule has 0 fully saturated rings. The normalized spacial score (nSPS) is 11.7. The Bertz CT molecular complexity index is 448. The first-order chi connectivity index (χ1) is 8.40. The van der Waals surface area contributed by atoms with Gasteiger partial charge in [0.1, 0.15) is 6.04 Å². The van der Waals surface area contributed by atoms with Gasteiger partial charge in [-0.15, -0.1) is 0 Å². The highest BCUT2D eigenvalue weighted by Gasteiger charge is 2.17. The number of nitrogens with one attached hydrogen (secondary N) is 1. The number of aliphatic carboxylic acids is 1. The largest absolute Gasteiger partial charge is 0.480 e. The van der Waals surface area contributed by atoms with E-state index in [1.54, 1.807) is 7.05 Å². The van der Waals surface area contributed by atoms with E-state index in [4.69, 9.17) is 5.11 Å². The summed E-state index contributed by atoms with van der Waals surface area (Å²) < 4.78 is 0. The maximum atomic E-state index is 11.7. The third-order valence-electron chi connectivity index (χ3n) is 2.40. The summed E-state index contributed by atoms with van der Waals surface area (Å²) in [6.07, 6.45) is 0. The van der Waals surface area contributed by atoms with Crippen molar-refractivity contribution in [3.05, 3.63) is 29.6 Å². The average molecular weight is 251 g/mol. The number of aromatic nitrogens is 1. The molecule has 6 heteroatoms. The van der Waals surface area contributed by atoms with Gasteiger partial charge in [-0.3, -0.25) is 9.78 Å². The molecule has 0 radical (unpaired) electrons. The molecule has 1 heterocycles. The maximum absolute atomic E-state index is 11.7. The Hall–Kier alpha value is -2.11. The summed E-state index contributed by atoms with van der Waals surface area (Å²) in [5, 5.41) is 11.1. The first kappa shape index (κ1) is 14.0. The zero-order valence-electron chi connectivity index (χ0n) is 10.7. The maximum Gasteiger partial charge on any atom is 0.325 e. The molecule has 0 aliphatic heterocycles. The molecule has 0 spiro atoms. The van der Waals surface area contributed by atoms with Crippen LogP contribution in [0.1, 0.15) is 18.3 Å². The zero-order valence-corrected chi connectivity index (χ0v) is 10.7. The molecular formula is C12H17N3O3. The van der Waals surface area contributed by atoms with Gasteiger partial charge in [-0.1, -0.05) is 6.07 Å². The smallest absolute Gasteiger partial charge is 0.325 e. The van der Waals surface area contributed by atoms with E-state index in [1.165, 1.54) is 11.8 Å². The third kappa shape index (κ3) is 4.04.